The van der Waals surface area contributed by atoms with Gasteiger partial charge >= 0.3 is 0 Å². The first-order valence-electron chi connectivity index (χ1n) is 6.24. The van der Waals surface area contributed by atoms with Crippen LogP contribution >= 0.6 is 15.9 Å². The zero-order valence-electron chi connectivity index (χ0n) is 11.3. The average Bonchev–Trinajstić information content (AvgIpc) is 2.40. The molecule has 6 heteroatoms. The van der Waals surface area contributed by atoms with Gasteiger partial charge < -0.3 is 10.1 Å². The number of anilines is 1. The second-order valence-corrected chi connectivity index (χ2v) is 5.06. The van der Waals surface area contributed by atoms with Crippen LogP contribution in [0.3, 0.4) is 0 Å². The molecule has 0 fully saturated rings. The van der Waals surface area contributed by atoms with Crippen molar-refractivity contribution in [2.45, 2.75) is 20.5 Å². The number of nitrogens with zero attached hydrogens (tertiary/aromatic N) is 2. The molecule has 0 bridgehead atoms. The molecule has 0 aliphatic carbocycles. The van der Waals surface area contributed by atoms with E-state index in [1.807, 2.05) is 19.9 Å². The fourth-order valence-corrected chi connectivity index (χ4v) is 1.93. The number of rotatable bonds is 5. The highest BCUT2D eigenvalue weighted by Crippen LogP contribution is 2.21. The molecule has 4 nitrogen and oxygen atoms in total. The van der Waals surface area contributed by atoms with Crippen molar-refractivity contribution in [2.24, 2.45) is 0 Å². The summed E-state index contributed by atoms with van der Waals surface area (Å²) in [6.07, 6.45) is 0. The zero-order valence-corrected chi connectivity index (χ0v) is 12.9. The maximum Gasteiger partial charge on any atom is 0.168 e. The van der Waals surface area contributed by atoms with Crippen molar-refractivity contribution in [3.63, 3.8) is 0 Å². The molecular weight excluding hydrogens is 325 g/mol. The minimum Gasteiger partial charge on any atom is -0.486 e. The lowest BCUT2D eigenvalue weighted by Crippen LogP contribution is -2.07. The standard InChI is InChI=1S/C14H15BrFN3O/c1-3-17-13-6-9(2)18-14(19-13)8-20-10-4-5-11(15)12(16)7-10/h4-7H,3,8H2,1-2H3,(H,17,18,19). The van der Waals surface area contributed by atoms with E-state index in [1.165, 1.54) is 6.07 Å². The van der Waals surface area contributed by atoms with Crippen molar-refractivity contribution in [1.29, 1.82) is 0 Å². The SMILES string of the molecule is CCNc1cc(C)nc(COc2ccc(Br)c(F)c2)n1. The van der Waals surface area contributed by atoms with Crippen LogP contribution in [0.15, 0.2) is 28.7 Å². The van der Waals surface area contributed by atoms with Crippen LogP contribution in [0.1, 0.15) is 18.4 Å². The Labute approximate surface area is 125 Å². The number of aryl methyl sites for hydroxylation is 1. The van der Waals surface area contributed by atoms with Crippen molar-refractivity contribution in [3.8, 4) is 5.75 Å². The monoisotopic (exact) mass is 339 g/mol. The lowest BCUT2D eigenvalue weighted by atomic mass is 10.3. The van der Waals surface area contributed by atoms with Crippen molar-refractivity contribution >= 4 is 21.7 Å². The second-order valence-electron chi connectivity index (χ2n) is 4.21. The summed E-state index contributed by atoms with van der Waals surface area (Å²) in [6.45, 7) is 4.87. The van der Waals surface area contributed by atoms with E-state index >= 15 is 0 Å². The third-order valence-corrected chi connectivity index (χ3v) is 3.16. The quantitative estimate of drug-likeness (QED) is 0.902. The molecule has 1 N–H and O–H groups in total. The molecule has 0 saturated heterocycles. The minimum atomic E-state index is -0.360. The molecule has 1 heterocycles. The maximum absolute atomic E-state index is 13.4. The summed E-state index contributed by atoms with van der Waals surface area (Å²) in [5, 5.41) is 3.13. The molecule has 0 unspecified atom stereocenters. The van der Waals surface area contributed by atoms with Crippen LogP contribution in [-0.2, 0) is 6.61 Å². The molecule has 0 atom stereocenters. The van der Waals surface area contributed by atoms with Crippen molar-refractivity contribution < 1.29 is 9.13 Å². The predicted octanol–water partition coefficient (Wildman–Crippen LogP) is 3.70. The smallest absolute Gasteiger partial charge is 0.168 e. The average molecular weight is 340 g/mol. The van der Waals surface area contributed by atoms with Gasteiger partial charge in [-0.1, -0.05) is 0 Å². The van der Waals surface area contributed by atoms with Crippen LogP contribution < -0.4 is 10.1 Å². The second kappa shape index (κ2) is 6.65. The number of hydrogen-bond donors (Lipinski definition) is 1. The number of benzene rings is 1. The van der Waals surface area contributed by atoms with E-state index < -0.39 is 0 Å². The van der Waals surface area contributed by atoms with Crippen LogP contribution in [-0.4, -0.2) is 16.5 Å². The fourth-order valence-electron chi connectivity index (χ4n) is 1.68. The van der Waals surface area contributed by atoms with Crippen molar-refractivity contribution in [3.05, 3.63) is 46.1 Å². The number of ether oxygens (including phenoxy) is 1. The highest BCUT2D eigenvalue weighted by atomic mass is 79.9. The van der Waals surface area contributed by atoms with Gasteiger partial charge in [0, 0.05) is 24.4 Å². The molecule has 0 spiro atoms. The minimum absolute atomic E-state index is 0.196. The van der Waals surface area contributed by atoms with Gasteiger partial charge in [-0.3, -0.25) is 0 Å². The number of nitrogens with one attached hydrogen (secondary N) is 1. The lowest BCUT2D eigenvalue weighted by Gasteiger charge is -2.09. The van der Waals surface area contributed by atoms with Crippen molar-refractivity contribution in [2.75, 3.05) is 11.9 Å². The molecule has 1 aromatic carbocycles. The number of hydrogen-bond acceptors (Lipinski definition) is 4. The van der Waals surface area contributed by atoms with E-state index in [-0.39, 0.29) is 12.4 Å². The van der Waals surface area contributed by atoms with E-state index in [0.29, 0.717) is 16.0 Å². The van der Waals surface area contributed by atoms with E-state index in [2.05, 4.69) is 31.2 Å². The van der Waals surface area contributed by atoms with E-state index in [9.17, 15) is 4.39 Å². The Morgan fingerprint density at radius 3 is 2.80 bits per heavy atom. The summed E-state index contributed by atoms with van der Waals surface area (Å²) < 4.78 is 19.3. The van der Waals surface area contributed by atoms with E-state index in [1.54, 1.807) is 12.1 Å². The molecular formula is C14H15BrFN3O. The van der Waals surface area contributed by atoms with Crippen LogP contribution in [0.2, 0.25) is 0 Å². The highest BCUT2D eigenvalue weighted by molar-refractivity contribution is 9.10. The number of halogens is 2. The summed E-state index contributed by atoms with van der Waals surface area (Å²) in [6, 6.07) is 6.48. The normalized spacial score (nSPS) is 10.4. The Morgan fingerprint density at radius 1 is 1.30 bits per heavy atom. The topological polar surface area (TPSA) is 47.0 Å². The van der Waals surface area contributed by atoms with Gasteiger partial charge in [0.15, 0.2) is 5.82 Å². The Hall–Kier alpha value is -1.69. The Morgan fingerprint density at radius 2 is 2.10 bits per heavy atom. The predicted molar refractivity (Wildman–Crippen MR) is 79.4 cm³/mol. The Balaban J connectivity index is 2.08. The first kappa shape index (κ1) is 14.7. The summed E-state index contributed by atoms with van der Waals surface area (Å²) in [4.78, 5) is 8.62. The van der Waals surface area contributed by atoms with Gasteiger partial charge in [0.05, 0.1) is 4.47 Å². The van der Waals surface area contributed by atoms with E-state index in [4.69, 9.17) is 4.74 Å². The van der Waals surface area contributed by atoms with Gasteiger partial charge in [-0.15, -0.1) is 0 Å². The maximum atomic E-state index is 13.4. The molecule has 0 saturated carbocycles. The van der Waals surface area contributed by atoms with Crippen LogP contribution in [0.25, 0.3) is 0 Å². The first-order valence-corrected chi connectivity index (χ1v) is 7.04. The molecule has 2 aromatic rings. The number of aromatic nitrogens is 2. The van der Waals surface area contributed by atoms with Crippen LogP contribution in [0, 0.1) is 12.7 Å². The summed E-state index contributed by atoms with van der Waals surface area (Å²) in [5.74, 6) is 1.41. The molecule has 106 valence electrons. The highest BCUT2D eigenvalue weighted by Gasteiger charge is 2.05. The lowest BCUT2D eigenvalue weighted by molar-refractivity contribution is 0.294. The summed E-state index contributed by atoms with van der Waals surface area (Å²) >= 11 is 3.10. The zero-order chi connectivity index (χ0) is 14.5. The van der Waals surface area contributed by atoms with E-state index in [0.717, 1.165) is 18.1 Å². The molecule has 20 heavy (non-hydrogen) atoms. The molecule has 1 aromatic heterocycles. The van der Waals surface area contributed by atoms with Crippen LogP contribution in [0.5, 0.6) is 5.75 Å². The van der Waals surface area contributed by atoms with Gasteiger partial charge in [-0.2, -0.15) is 0 Å². The van der Waals surface area contributed by atoms with Gasteiger partial charge in [0.2, 0.25) is 0 Å². The largest absolute Gasteiger partial charge is 0.486 e. The van der Waals surface area contributed by atoms with Gasteiger partial charge in [0.25, 0.3) is 0 Å². The van der Waals surface area contributed by atoms with Gasteiger partial charge in [-0.05, 0) is 41.9 Å². The summed E-state index contributed by atoms with van der Waals surface area (Å²) in [7, 11) is 0. The van der Waals surface area contributed by atoms with Crippen LogP contribution in [0.4, 0.5) is 10.2 Å². The third-order valence-electron chi connectivity index (χ3n) is 2.52. The Kier molecular flexibility index (Phi) is 4.89. The molecule has 0 amide bonds. The van der Waals surface area contributed by atoms with Crippen molar-refractivity contribution in [1.82, 2.24) is 9.97 Å². The third kappa shape index (κ3) is 3.90. The van der Waals surface area contributed by atoms with Gasteiger partial charge in [-0.25, -0.2) is 14.4 Å². The molecule has 0 aliphatic rings. The summed E-state index contributed by atoms with van der Waals surface area (Å²) in [5.41, 5.74) is 0.858. The molecule has 0 radical (unpaired) electrons. The Bertz CT molecular complexity index is 607. The molecule has 0 aliphatic heterocycles. The molecule has 2 rings (SSSR count). The van der Waals surface area contributed by atoms with Gasteiger partial charge in [0.1, 0.15) is 24.0 Å². The first-order chi connectivity index (χ1) is 9.58. The fraction of sp³-hybridized carbons (Fsp3) is 0.286.